The van der Waals surface area contributed by atoms with Crippen LogP contribution in [0.25, 0.3) is 0 Å². The minimum atomic E-state index is -0.894. The number of nitrogens with zero attached hydrogens (tertiary/aromatic N) is 1. The van der Waals surface area contributed by atoms with E-state index in [1.54, 1.807) is 0 Å². The highest BCUT2D eigenvalue weighted by Crippen LogP contribution is 2.25. The van der Waals surface area contributed by atoms with Gasteiger partial charge in [-0.2, -0.15) is 0 Å². The average molecular weight is 317 g/mol. The van der Waals surface area contributed by atoms with Crippen molar-refractivity contribution in [1.82, 2.24) is 10.2 Å². The summed E-state index contributed by atoms with van der Waals surface area (Å²) >= 11 is 0. The van der Waals surface area contributed by atoms with Gasteiger partial charge in [-0.3, -0.25) is 4.79 Å². The molecule has 0 spiro atoms. The first kappa shape index (κ1) is 16.2. The summed E-state index contributed by atoms with van der Waals surface area (Å²) in [5, 5.41) is 3.45. The van der Waals surface area contributed by atoms with Gasteiger partial charge in [0.15, 0.2) is 11.6 Å². The van der Waals surface area contributed by atoms with E-state index in [1.807, 2.05) is 4.90 Å². The Hall–Kier alpha value is -1.20. The van der Waals surface area contributed by atoms with Crippen LogP contribution in [0.3, 0.4) is 0 Å². The first-order valence-corrected chi connectivity index (χ1v) is 7.08. The van der Waals surface area contributed by atoms with Gasteiger partial charge in [0.2, 0.25) is 5.91 Å². The smallest absolute Gasteiger partial charge is 0.227 e. The number of amides is 1. The highest BCUT2D eigenvalue weighted by Gasteiger charge is 2.34. The van der Waals surface area contributed by atoms with Crippen LogP contribution in [0.2, 0.25) is 0 Å². The third-order valence-corrected chi connectivity index (χ3v) is 4.35. The molecule has 2 atom stereocenters. The summed E-state index contributed by atoms with van der Waals surface area (Å²) in [4.78, 5) is 14.1. The van der Waals surface area contributed by atoms with Gasteiger partial charge < -0.3 is 10.2 Å². The second kappa shape index (κ2) is 6.71. The largest absolute Gasteiger partial charge is 0.342 e. The molecular weight excluding hydrogens is 298 g/mol. The fourth-order valence-electron chi connectivity index (χ4n) is 3.21. The van der Waals surface area contributed by atoms with Crippen molar-refractivity contribution in [2.75, 3.05) is 19.6 Å². The number of fused-ring (bicyclic) bond motifs is 1. The first-order valence-electron chi connectivity index (χ1n) is 7.08. The van der Waals surface area contributed by atoms with Crippen molar-refractivity contribution in [3.63, 3.8) is 0 Å². The van der Waals surface area contributed by atoms with Crippen molar-refractivity contribution in [3.05, 3.63) is 35.4 Å². The first-order chi connectivity index (χ1) is 9.63. The van der Waals surface area contributed by atoms with Gasteiger partial charge in [-0.1, -0.05) is 6.07 Å². The van der Waals surface area contributed by atoms with Gasteiger partial charge in [-0.05, 0) is 43.0 Å². The zero-order valence-electron chi connectivity index (χ0n) is 11.6. The number of likely N-dealkylation sites (tertiary alicyclic amines) is 1. The summed E-state index contributed by atoms with van der Waals surface area (Å²) in [6.45, 7) is 2.55. The number of nitrogens with one attached hydrogen (secondary N) is 1. The lowest BCUT2D eigenvalue weighted by Gasteiger charge is -2.35. The minimum Gasteiger partial charge on any atom is -0.342 e. The molecule has 3 nitrogen and oxygen atoms in total. The minimum absolute atomic E-state index is 0. The Bertz CT molecular complexity index is 526. The molecule has 0 bridgehead atoms. The fourth-order valence-corrected chi connectivity index (χ4v) is 3.21. The molecular formula is C15H19ClF2N2O. The molecule has 1 aromatic carbocycles. The van der Waals surface area contributed by atoms with E-state index in [1.165, 1.54) is 6.07 Å². The molecule has 0 aliphatic carbocycles. The van der Waals surface area contributed by atoms with Crippen LogP contribution in [0.4, 0.5) is 8.78 Å². The maximum Gasteiger partial charge on any atom is 0.227 e. The van der Waals surface area contributed by atoms with Gasteiger partial charge in [0.05, 0.1) is 6.42 Å². The van der Waals surface area contributed by atoms with Crippen molar-refractivity contribution in [3.8, 4) is 0 Å². The molecule has 21 heavy (non-hydrogen) atoms. The second-order valence-corrected chi connectivity index (χ2v) is 5.66. The zero-order chi connectivity index (χ0) is 14.1. The van der Waals surface area contributed by atoms with Crippen molar-refractivity contribution in [2.24, 2.45) is 5.92 Å². The van der Waals surface area contributed by atoms with Crippen LogP contribution in [-0.4, -0.2) is 36.5 Å². The Labute approximate surface area is 129 Å². The molecule has 1 aromatic rings. The lowest BCUT2D eigenvalue weighted by atomic mass is 9.93. The van der Waals surface area contributed by atoms with E-state index in [2.05, 4.69) is 5.32 Å². The molecule has 6 heteroatoms. The second-order valence-electron chi connectivity index (χ2n) is 5.66. The molecule has 2 aliphatic rings. The number of hydrogen-bond acceptors (Lipinski definition) is 2. The van der Waals surface area contributed by atoms with E-state index in [9.17, 15) is 13.6 Å². The van der Waals surface area contributed by atoms with Crippen LogP contribution in [-0.2, 0) is 11.2 Å². The molecule has 2 heterocycles. The van der Waals surface area contributed by atoms with E-state index in [0.717, 1.165) is 44.6 Å². The van der Waals surface area contributed by atoms with Crippen LogP contribution < -0.4 is 5.32 Å². The zero-order valence-corrected chi connectivity index (χ0v) is 12.5. The van der Waals surface area contributed by atoms with Gasteiger partial charge in [0.1, 0.15) is 0 Å². The normalized spacial score (nSPS) is 24.4. The number of carbonyl (C=O) groups is 1. The Kier molecular flexibility index (Phi) is 5.17. The van der Waals surface area contributed by atoms with Gasteiger partial charge >= 0.3 is 0 Å². The molecule has 2 saturated heterocycles. The Morgan fingerprint density at radius 2 is 2.10 bits per heavy atom. The third-order valence-electron chi connectivity index (χ3n) is 4.35. The topological polar surface area (TPSA) is 32.3 Å². The van der Waals surface area contributed by atoms with Gasteiger partial charge in [-0.15, -0.1) is 12.4 Å². The van der Waals surface area contributed by atoms with Crippen LogP contribution in [0.1, 0.15) is 18.4 Å². The standard InChI is InChI=1S/C15H18F2N2O.ClH/c16-12-2-1-10(7-13(12)17)8-15(20)19-6-4-14-11(9-19)3-5-18-14;/h1-2,7,11,14,18H,3-6,8-9H2;1H. The number of benzene rings is 1. The molecule has 1 N–H and O–H groups in total. The number of halogens is 3. The van der Waals surface area contributed by atoms with Gasteiger partial charge in [0.25, 0.3) is 0 Å². The van der Waals surface area contributed by atoms with Gasteiger partial charge in [0, 0.05) is 19.1 Å². The summed E-state index contributed by atoms with van der Waals surface area (Å²) in [5.41, 5.74) is 0.528. The fraction of sp³-hybridized carbons (Fsp3) is 0.533. The maximum absolute atomic E-state index is 13.1. The third kappa shape index (κ3) is 3.52. The van der Waals surface area contributed by atoms with Crippen molar-refractivity contribution < 1.29 is 13.6 Å². The molecule has 0 radical (unpaired) electrons. The number of rotatable bonds is 2. The molecule has 2 unspecified atom stereocenters. The van der Waals surface area contributed by atoms with E-state index in [4.69, 9.17) is 0 Å². The molecule has 0 aromatic heterocycles. The quantitative estimate of drug-likeness (QED) is 0.906. The average Bonchev–Trinajstić information content (AvgIpc) is 2.90. The summed E-state index contributed by atoms with van der Waals surface area (Å²) in [7, 11) is 0. The summed E-state index contributed by atoms with van der Waals surface area (Å²) in [5.74, 6) is -1.23. The van der Waals surface area contributed by atoms with Crippen molar-refractivity contribution in [1.29, 1.82) is 0 Å². The monoisotopic (exact) mass is 316 g/mol. The van der Waals surface area contributed by atoms with E-state index >= 15 is 0 Å². The van der Waals surface area contributed by atoms with E-state index in [-0.39, 0.29) is 24.7 Å². The van der Waals surface area contributed by atoms with Crippen LogP contribution in [0.5, 0.6) is 0 Å². The van der Waals surface area contributed by atoms with E-state index in [0.29, 0.717) is 17.5 Å². The molecule has 1 amide bonds. The molecule has 3 rings (SSSR count). The SMILES string of the molecule is Cl.O=C(Cc1ccc(F)c(F)c1)N1CCC2NCCC2C1. The van der Waals surface area contributed by atoms with Crippen LogP contribution >= 0.6 is 12.4 Å². The predicted octanol–water partition coefficient (Wildman–Crippen LogP) is 2.14. The highest BCUT2D eigenvalue weighted by atomic mass is 35.5. The van der Waals surface area contributed by atoms with E-state index < -0.39 is 11.6 Å². The van der Waals surface area contributed by atoms with Gasteiger partial charge in [-0.25, -0.2) is 8.78 Å². The molecule has 2 fully saturated rings. The molecule has 116 valence electrons. The van der Waals surface area contributed by atoms with Crippen LogP contribution in [0, 0.1) is 17.6 Å². The maximum atomic E-state index is 13.1. The lowest BCUT2D eigenvalue weighted by molar-refractivity contribution is -0.132. The van der Waals surface area contributed by atoms with Crippen LogP contribution in [0.15, 0.2) is 18.2 Å². The molecule has 0 saturated carbocycles. The lowest BCUT2D eigenvalue weighted by Crippen LogP contribution is -2.47. The number of piperidine rings is 1. The molecule has 2 aliphatic heterocycles. The van der Waals surface area contributed by atoms with Crippen molar-refractivity contribution in [2.45, 2.75) is 25.3 Å². The predicted molar refractivity (Wildman–Crippen MR) is 78.4 cm³/mol. The summed E-state index contributed by atoms with van der Waals surface area (Å²) < 4.78 is 26.0. The summed E-state index contributed by atoms with van der Waals surface area (Å²) in [6.07, 6.45) is 2.23. The Morgan fingerprint density at radius 3 is 2.86 bits per heavy atom. The van der Waals surface area contributed by atoms with Crippen molar-refractivity contribution >= 4 is 18.3 Å². The highest BCUT2D eigenvalue weighted by molar-refractivity contribution is 5.85. The number of carbonyl (C=O) groups excluding carboxylic acids is 1. The number of hydrogen-bond donors (Lipinski definition) is 1. The summed E-state index contributed by atoms with van der Waals surface area (Å²) in [6, 6.07) is 4.20. The Morgan fingerprint density at radius 1 is 1.29 bits per heavy atom. The Balaban J connectivity index is 0.00000161.